The largest absolute Gasteiger partial charge is 0.416 e. The minimum Gasteiger partial charge on any atom is -0.374 e. The van der Waals surface area contributed by atoms with Crippen LogP contribution in [0.5, 0.6) is 0 Å². The lowest BCUT2D eigenvalue weighted by Crippen LogP contribution is -2.22. The van der Waals surface area contributed by atoms with Crippen molar-refractivity contribution >= 4 is 5.69 Å². The molecule has 0 radical (unpaired) electrons. The van der Waals surface area contributed by atoms with Gasteiger partial charge in [-0.25, -0.2) is 0 Å². The lowest BCUT2D eigenvalue weighted by Gasteiger charge is -2.22. The Morgan fingerprint density at radius 3 is 2.48 bits per heavy atom. The van der Waals surface area contributed by atoms with Gasteiger partial charge in [0.2, 0.25) is 0 Å². The van der Waals surface area contributed by atoms with Gasteiger partial charge >= 0.3 is 6.18 Å². The summed E-state index contributed by atoms with van der Waals surface area (Å²) < 4.78 is 39.8. The third-order valence-corrected chi connectivity index (χ3v) is 4.23. The standard InChI is InChI=1S/C16H21F3N2/c1-21(10-11-2-3-11)14-7-4-12(9-20-13-5-6-13)15(8-14)16(17,18)19/h4,7-8,11,13,20H,2-3,5-6,9-10H2,1H3. The number of hydrogen-bond acceptors (Lipinski definition) is 2. The van der Waals surface area contributed by atoms with Crippen LogP contribution in [0.2, 0.25) is 0 Å². The van der Waals surface area contributed by atoms with Gasteiger partial charge in [-0.3, -0.25) is 0 Å². The molecule has 2 aliphatic rings. The highest BCUT2D eigenvalue weighted by atomic mass is 19.4. The van der Waals surface area contributed by atoms with Crippen molar-refractivity contribution in [2.45, 2.75) is 44.4 Å². The van der Waals surface area contributed by atoms with Crippen LogP contribution in [0.25, 0.3) is 0 Å². The van der Waals surface area contributed by atoms with Crippen molar-refractivity contribution in [3.63, 3.8) is 0 Å². The number of benzene rings is 1. The van der Waals surface area contributed by atoms with Crippen LogP contribution in [0.15, 0.2) is 18.2 Å². The summed E-state index contributed by atoms with van der Waals surface area (Å²) in [4.78, 5) is 1.94. The van der Waals surface area contributed by atoms with Crippen molar-refractivity contribution in [3.05, 3.63) is 29.3 Å². The van der Waals surface area contributed by atoms with Crippen LogP contribution in [-0.4, -0.2) is 19.6 Å². The quantitative estimate of drug-likeness (QED) is 0.859. The minimum absolute atomic E-state index is 0.298. The second-order valence-electron chi connectivity index (χ2n) is 6.32. The van der Waals surface area contributed by atoms with Crippen LogP contribution >= 0.6 is 0 Å². The summed E-state index contributed by atoms with van der Waals surface area (Å²) >= 11 is 0. The molecule has 1 aromatic rings. The van der Waals surface area contributed by atoms with Crippen molar-refractivity contribution < 1.29 is 13.2 Å². The number of nitrogens with zero attached hydrogens (tertiary/aromatic N) is 1. The second kappa shape index (κ2) is 5.52. The molecule has 0 aromatic heterocycles. The molecule has 2 fully saturated rings. The fourth-order valence-electron chi connectivity index (χ4n) is 2.55. The summed E-state index contributed by atoms with van der Waals surface area (Å²) in [6, 6.07) is 5.13. The Bertz CT molecular complexity index is 505. The average Bonchev–Trinajstić information content (AvgIpc) is 3.30. The van der Waals surface area contributed by atoms with Gasteiger partial charge in [-0.2, -0.15) is 13.2 Å². The van der Waals surface area contributed by atoms with E-state index in [1.54, 1.807) is 6.07 Å². The number of hydrogen-bond donors (Lipinski definition) is 1. The van der Waals surface area contributed by atoms with Crippen molar-refractivity contribution in [3.8, 4) is 0 Å². The maximum atomic E-state index is 13.3. The summed E-state index contributed by atoms with van der Waals surface area (Å²) in [5.41, 5.74) is 0.498. The first-order valence-corrected chi connectivity index (χ1v) is 7.58. The van der Waals surface area contributed by atoms with E-state index in [4.69, 9.17) is 0 Å². The predicted molar refractivity (Wildman–Crippen MR) is 77.3 cm³/mol. The third kappa shape index (κ3) is 3.90. The van der Waals surface area contributed by atoms with Crippen LogP contribution in [0.1, 0.15) is 36.8 Å². The van der Waals surface area contributed by atoms with Gasteiger partial charge in [-0.1, -0.05) is 6.07 Å². The molecular formula is C16H21F3N2. The number of nitrogens with one attached hydrogen (secondary N) is 1. The highest BCUT2D eigenvalue weighted by Gasteiger charge is 2.34. The molecule has 0 heterocycles. The summed E-state index contributed by atoms with van der Waals surface area (Å²) in [5.74, 6) is 0.653. The molecule has 0 bridgehead atoms. The van der Waals surface area contributed by atoms with Crippen molar-refractivity contribution in [1.82, 2.24) is 5.32 Å². The topological polar surface area (TPSA) is 15.3 Å². The zero-order valence-corrected chi connectivity index (χ0v) is 12.2. The van der Waals surface area contributed by atoms with Crippen LogP contribution < -0.4 is 10.2 Å². The summed E-state index contributed by atoms with van der Waals surface area (Å²) in [5, 5.41) is 3.16. The van der Waals surface area contributed by atoms with Gasteiger partial charge in [0, 0.05) is 31.9 Å². The SMILES string of the molecule is CN(CC1CC1)c1ccc(CNC2CC2)c(C(F)(F)F)c1. The van der Waals surface area contributed by atoms with Crippen LogP contribution in [0, 0.1) is 5.92 Å². The molecule has 2 aliphatic carbocycles. The Morgan fingerprint density at radius 2 is 1.90 bits per heavy atom. The van der Waals surface area contributed by atoms with E-state index in [1.807, 2.05) is 18.0 Å². The molecule has 0 saturated heterocycles. The maximum absolute atomic E-state index is 13.3. The highest BCUT2D eigenvalue weighted by Crippen LogP contribution is 2.36. The van der Waals surface area contributed by atoms with Gasteiger partial charge < -0.3 is 10.2 Å². The van der Waals surface area contributed by atoms with Gasteiger partial charge in [0.15, 0.2) is 0 Å². The molecule has 1 aromatic carbocycles. The molecule has 0 unspecified atom stereocenters. The van der Waals surface area contributed by atoms with Gasteiger partial charge in [-0.15, -0.1) is 0 Å². The average molecular weight is 298 g/mol. The summed E-state index contributed by atoms with van der Waals surface area (Å²) in [6.45, 7) is 1.14. The van der Waals surface area contributed by atoms with E-state index in [1.165, 1.54) is 18.9 Å². The molecule has 0 amide bonds. The molecule has 0 atom stereocenters. The van der Waals surface area contributed by atoms with E-state index < -0.39 is 11.7 Å². The van der Waals surface area contributed by atoms with E-state index in [2.05, 4.69) is 5.32 Å². The molecule has 5 heteroatoms. The zero-order valence-electron chi connectivity index (χ0n) is 12.2. The number of anilines is 1. The van der Waals surface area contributed by atoms with Gasteiger partial charge in [0.25, 0.3) is 0 Å². The third-order valence-electron chi connectivity index (χ3n) is 4.23. The second-order valence-corrected chi connectivity index (χ2v) is 6.32. The molecule has 2 nitrogen and oxygen atoms in total. The lowest BCUT2D eigenvalue weighted by molar-refractivity contribution is -0.138. The van der Waals surface area contributed by atoms with E-state index in [0.717, 1.165) is 19.4 Å². The molecule has 0 spiro atoms. The Kier molecular flexibility index (Phi) is 3.86. The molecular weight excluding hydrogens is 277 g/mol. The van der Waals surface area contributed by atoms with Crippen molar-refractivity contribution in [1.29, 1.82) is 0 Å². The Morgan fingerprint density at radius 1 is 1.19 bits per heavy atom. The lowest BCUT2D eigenvalue weighted by atomic mass is 10.1. The van der Waals surface area contributed by atoms with E-state index >= 15 is 0 Å². The Balaban J connectivity index is 1.78. The highest BCUT2D eigenvalue weighted by molar-refractivity contribution is 5.51. The maximum Gasteiger partial charge on any atom is 0.416 e. The smallest absolute Gasteiger partial charge is 0.374 e. The first-order chi connectivity index (χ1) is 9.93. The van der Waals surface area contributed by atoms with Crippen molar-refractivity contribution in [2.75, 3.05) is 18.5 Å². The number of halogens is 3. The minimum atomic E-state index is -4.29. The van der Waals surface area contributed by atoms with Crippen LogP contribution in [0.4, 0.5) is 18.9 Å². The van der Waals surface area contributed by atoms with Gasteiger partial charge in [0.1, 0.15) is 0 Å². The molecule has 21 heavy (non-hydrogen) atoms. The van der Waals surface area contributed by atoms with Crippen molar-refractivity contribution in [2.24, 2.45) is 5.92 Å². The van der Waals surface area contributed by atoms with E-state index in [9.17, 15) is 13.2 Å². The fraction of sp³-hybridized carbons (Fsp3) is 0.625. The first kappa shape index (κ1) is 14.7. The first-order valence-electron chi connectivity index (χ1n) is 7.58. The normalized spacial score (nSPS) is 18.9. The number of rotatable bonds is 6. The van der Waals surface area contributed by atoms with E-state index in [0.29, 0.717) is 29.8 Å². The van der Waals surface area contributed by atoms with Crippen LogP contribution in [0.3, 0.4) is 0 Å². The summed E-state index contributed by atoms with van der Waals surface area (Å²) in [6.07, 6.45) is 0.240. The Labute approximate surface area is 123 Å². The van der Waals surface area contributed by atoms with Crippen LogP contribution in [-0.2, 0) is 12.7 Å². The summed E-state index contributed by atoms with van der Waals surface area (Å²) in [7, 11) is 1.87. The molecule has 2 saturated carbocycles. The molecule has 0 aliphatic heterocycles. The molecule has 116 valence electrons. The molecule has 3 rings (SSSR count). The predicted octanol–water partition coefficient (Wildman–Crippen LogP) is 3.80. The number of alkyl halides is 3. The fourth-order valence-corrected chi connectivity index (χ4v) is 2.55. The van der Waals surface area contributed by atoms with E-state index in [-0.39, 0.29) is 0 Å². The molecule has 1 N–H and O–H groups in total. The van der Waals surface area contributed by atoms with Gasteiger partial charge in [0.05, 0.1) is 5.56 Å². The van der Waals surface area contributed by atoms with Gasteiger partial charge in [-0.05, 0) is 49.3 Å². The monoisotopic (exact) mass is 298 g/mol. The Hall–Kier alpha value is -1.23. The zero-order chi connectivity index (χ0) is 15.0.